The molecule has 1 amide bonds. The number of aryl methyl sites for hydroxylation is 2. The Morgan fingerprint density at radius 3 is 2.74 bits per heavy atom. The first-order valence-corrected chi connectivity index (χ1v) is 9.03. The van der Waals surface area contributed by atoms with Gasteiger partial charge in [-0.15, -0.1) is 0 Å². The summed E-state index contributed by atoms with van der Waals surface area (Å²) in [5.41, 5.74) is 5.07. The summed E-state index contributed by atoms with van der Waals surface area (Å²) in [6.45, 7) is 3.82. The lowest BCUT2D eigenvalue weighted by molar-refractivity contribution is 0.0729. The number of fused-ring (bicyclic) bond motifs is 1. The number of amides is 1. The maximum atomic E-state index is 12.9. The number of benzene rings is 1. The van der Waals surface area contributed by atoms with Crippen molar-refractivity contribution in [1.29, 1.82) is 0 Å². The van der Waals surface area contributed by atoms with Crippen molar-refractivity contribution in [2.24, 2.45) is 7.05 Å². The number of anilines is 1. The summed E-state index contributed by atoms with van der Waals surface area (Å²) in [6, 6.07) is 9.52. The Morgan fingerprint density at radius 1 is 1.19 bits per heavy atom. The molecule has 1 aliphatic rings. The molecule has 3 aromatic rings. The van der Waals surface area contributed by atoms with Gasteiger partial charge in [0.05, 0.1) is 24.5 Å². The molecule has 0 atom stereocenters. The first-order valence-electron chi connectivity index (χ1n) is 9.03. The molecule has 3 heterocycles. The fourth-order valence-corrected chi connectivity index (χ4v) is 3.51. The third-order valence-electron chi connectivity index (χ3n) is 4.97. The molecule has 2 aromatic heterocycles. The van der Waals surface area contributed by atoms with E-state index in [2.05, 4.69) is 20.4 Å². The Hall–Kier alpha value is -3.22. The van der Waals surface area contributed by atoms with E-state index < -0.39 is 0 Å². The maximum absolute atomic E-state index is 12.9. The van der Waals surface area contributed by atoms with Crippen LogP contribution in [-0.4, -0.2) is 37.1 Å². The van der Waals surface area contributed by atoms with Gasteiger partial charge in [0.2, 0.25) is 5.95 Å². The summed E-state index contributed by atoms with van der Waals surface area (Å²) in [4.78, 5) is 23.2. The highest BCUT2D eigenvalue weighted by Gasteiger charge is 2.27. The molecule has 7 heteroatoms. The Morgan fingerprint density at radius 2 is 1.96 bits per heavy atom. The van der Waals surface area contributed by atoms with Crippen LogP contribution in [0.3, 0.4) is 0 Å². The molecule has 138 valence electrons. The van der Waals surface area contributed by atoms with E-state index in [4.69, 9.17) is 0 Å². The van der Waals surface area contributed by atoms with Gasteiger partial charge < -0.3 is 10.2 Å². The first-order chi connectivity index (χ1) is 13.1. The van der Waals surface area contributed by atoms with Gasteiger partial charge in [0, 0.05) is 37.1 Å². The Kier molecular flexibility index (Phi) is 4.58. The summed E-state index contributed by atoms with van der Waals surface area (Å²) < 4.78 is 1.88. The zero-order valence-electron chi connectivity index (χ0n) is 15.5. The van der Waals surface area contributed by atoms with Gasteiger partial charge in [0.15, 0.2) is 0 Å². The average Bonchev–Trinajstić information content (AvgIpc) is 3.02. The van der Waals surface area contributed by atoms with Crippen LogP contribution in [0.1, 0.15) is 32.9 Å². The number of aromatic nitrogens is 4. The van der Waals surface area contributed by atoms with E-state index in [0.717, 1.165) is 28.9 Å². The molecule has 1 aromatic carbocycles. The lowest BCUT2D eigenvalue weighted by Gasteiger charge is -2.28. The van der Waals surface area contributed by atoms with E-state index in [0.29, 0.717) is 25.6 Å². The van der Waals surface area contributed by atoms with Gasteiger partial charge in [-0.05, 0) is 31.0 Å². The number of hydrogen-bond donors (Lipinski definition) is 1. The van der Waals surface area contributed by atoms with Crippen LogP contribution in [0, 0.1) is 6.92 Å². The molecular formula is C20H22N6O. The average molecular weight is 362 g/mol. The van der Waals surface area contributed by atoms with E-state index in [-0.39, 0.29) is 5.91 Å². The topological polar surface area (TPSA) is 75.9 Å². The molecule has 0 saturated heterocycles. The minimum absolute atomic E-state index is 0.0808. The van der Waals surface area contributed by atoms with Crippen molar-refractivity contribution in [1.82, 2.24) is 24.6 Å². The van der Waals surface area contributed by atoms with Gasteiger partial charge in [0.25, 0.3) is 5.91 Å². The number of nitrogens with zero attached hydrogens (tertiary/aromatic N) is 5. The van der Waals surface area contributed by atoms with E-state index >= 15 is 0 Å². The Labute approximate surface area is 158 Å². The van der Waals surface area contributed by atoms with Crippen molar-refractivity contribution >= 4 is 11.9 Å². The third kappa shape index (κ3) is 3.40. The molecule has 1 N–H and O–H groups in total. The second-order valence-electron chi connectivity index (χ2n) is 6.71. The van der Waals surface area contributed by atoms with Crippen LogP contribution in [-0.2, 0) is 26.6 Å². The minimum atomic E-state index is 0.0808. The first kappa shape index (κ1) is 17.2. The van der Waals surface area contributed by atoms with E-state index in [1.54, 1.807) is 18.5 Å². The lowest BCUT2D eigenvalue weighted by Crippen LogP contribution is -2.37. The zero-order valence-corrected chi connectivity index (χ0v) is 15.5. The number of carbonyl (C=O) groups excluding carboxylic acids is 1. The molecule has 0 bridgehead atoms. The maximum Gasteiger partial charge on any atom is 0.254 e. The van der Waals surface area contributed by atoms with Gasteiger partial charge in [-0.2, -0.15) is 5.10 Å². The molecule has 0 unspecified atom stereocenters. The van der Waals surface area contributed by atoms with Gasteiger partial charge in [-0.3, -0.25) is 9.48 Å². The molecule has 27 heavy (non-hydrogen) atoms. The van der Waals surface area contributed by atoms with Crippen LogP contribution in [0.15, 0.2) is 42.7 Å². The van der Waals surface area contributed by atoms with Crippen molar-refractivity contribution in [2.45, 2.75) is 26.4 Å². The molecular weight excluding hydrogens is 340 g/mol. The standard InChI is InChI=1S/C20H22N6O/c1-14-6-3-4-7-15(14)19(27)26-11-8-16-17(24-25(2)18(16)13-26)12-23-20-21-9-5-10-22-20/h3-7,9-10H,8,11-13H2,1-2H3,(H,21,22,23). The number of nitrogens with one attached hydrogen (secondary N) is 1. The molecule has 0 fully saturated rings. The molecule has 0 radical (unpaired) electrons. The van der Waals surface area contributed by atoms with Gasteiger partial charge in [0.1, 0.15) is 0 Å². The monoisotopic (exact) mass is 362 g/mol. The van der Waals surface area contributed by atoms with Crippen molar-refractivity contribution < 1.29 is 4.79 Å². The normalized spacial score (nSPS) is 13.3. The van der Waals surface area contributed by atoms with E-state index in [1.807, 2.05) is 47.8 Å². The number of carbonyl (C=O) groups is 1. The number of hydrogen-bond acceptors (Lipinski definition) is 5. The van der Waals surface area contributed by atoms with Crippen LogP contribution in [0.4, 0.5) is 5.95 Å². The smallest absolute Gasteiger partial charge is 0.254 e. The van der Waals surface area contributed by atoms with Gasteiger partial charge in [-0.25, -0.2) is 9.97 Å². The summed E-state index contributed by atoms with van der Waals surface area (Å²) in [7, 11) is 1.93. The second kappa shape index (κ2) is 7.19. The highest BCUT2D eigenvalue weighted by molar-refractivity contribution is 5.95. The molecule has 1 aliphatic heterocycles. The minimum Gasteiger partial charge on any atom is -0.348 e. The predicted molar refractivity (Wildman–Crippen MR) is 102 cm³/mol. The van der Waals surface area contributed by atoms with Crippen molar-refractivity contribution in [2.75, 3.05) is 11.9 Å². The lowest BCUT2D eigenvalue weighted by atomic mass is 10.0. The third-order valence-corrected chi connectivity index (χ3v) is 4.97. The van der Waals surface area contributed by atoms with Crippen molar-refractivity contribution in [3.05, 3.63) is 70.8 Å². The fourth-order valence-electron chi connectivity index (χ4n) is 3.51. The Bertz CT molecular complexity index is 966. The molecule has 7 nitrogen and oxygen atoms in total. The van der Waals surface area contributed by atoms with E-state index in [9.17, 15) is 4.79 Å². The van der Waals surface area contributed by atoms with E-state index in [1.165, 1.54) is 5.56 Å². The highest BCUT2D eigenvalue weighted by atomic mass is 16.2. The summed E-state index contributed by atoms with van der Waals surface area (Å²) in [6.07, 6.45) is 4.21. The van der Waals surface area contributed by atoms with Crippen LogP contribution < -0.4 is 5.32 Å². The van der Waals surface area contributed by atoms with Crippen LogP contribution in [0.25, 0.3) is 0 Å². The molecule has 0 aliphatic carbocycles. The highest BCUT2D eigenvalue weighted by Crippen LogP contribution is 2.24. The van der Waals surface area contributed by atoms with Gasteiger partial charge >= 0.3 is 0 Å². The molecule has 0 spiro atoms. The largest absolute Gasteiger partial charge is 0.348 e. The zero-order chi connectivity index (χ0) is 18.8. The fraction of sp³-hybridized carbons (Fsp3) is 0.300. The van der Waals surface area contributed by atoms with Crippen molar-refractivity contribution in [3.8, 4) is 0 Å². The second-order valence-corrected chi connectivity index (χ2v) is 6.71. The Balaban J connectivity index is 1.51. The summed E-state index contributed by atoms with van der Waals surface area (Å²) in [5.74, 6) is 0.668. The quantitative estimate of drug-likeness (QED) is 0.771. The van der Waals surface area contributed by atoms with Crippen molar-refractivity contribution in [3.63, 3.8) is 0 Å². The van der Waals surface area contributed by atoms with Gasteiger partial charge in [-0.1, -0.05) is 18.2 Å². The van der Waals surface area contributed by atoms with Crippen LogP contribution in [0.5, 0.6) is 0 Å². The molecule has 4 rings (SSSR count). The number of rotatable bonds is 4. The van der Waals surface area contributed by atoms with Crippen LogP contribution in [0.2, 0.25) is 0 Å². The summed E-state index contributed by atoms with van der Waals surface area (Å²) >= 11 is 0. The summed E-state index contributed by atoms with van der Waals surface area (Å²) in [5, 5.41) is 7.87. The van der Waals surface area contributed by atoms with Crippen LogP contribution >= 0.6 is 0 Å². The predicted octanol–water partition coefficient (Wildman–Crippen LogP) is 2.33. The molecule has 0 saturated carbocycles. The SMILES string of the molecule is Cc1ccccc1C(=O)N1CCc2c(CNc3ncccn3)nn(C)c2C1.